The molecular formula is C23H37FN2O7. The molecule has 1 aromatic heterocycles. The standard InChI is InChI=1S/C23H37FN2O7/c1-28-8-9-29-10-11-30-12-13-31-14-15-32-16-17-33-19-23(24)5-2-20(3-6-23)22-25-7-4-21(18-27)26-22/h2,4,7,27H,3,5-6,8-19H2,1H3/t23-/m1/s1. The van der Waals surface area contributed by atoms with Gasteiger partial charge in [-0.05, 0) is 24.5 Å². The second kappa shape index (κ2) is 17.0. The van der Waals surface area contributed by atoms with Gasteiger partial charge in [0.05, 0.1) is 85.0 Å². The van der Waals surface area contributed by atoms with Crippen LogP contribution in [0.1, 0.15) is 30.8 Å². The number of halogens is 1. The number of alkyl halides is 1. The van der Waals surface area contributed by atoms with E-state index >= 15 is 0 Å². The zero-order chi connectivity index (χ0) is 23.6. The van der Waals surface area contributed by atoms with Gasteiger partial charge in [-0.1, -0.05) is 6.08 Å². The summed E-state index contributed by atoms with van der Waals surface area (Å²) in [4.78, 5) is 8.50. The number of aromatic nitrogens is 2. The first-order valence-corrected chi connectivity index (χ1v) is 11.4. The van der Waals surface area contributed by atoms with E-state index in [0.717, 1.165) is 5.57 Å². The van der Waals surface area contributed by atoms with Gasteiger partial charge in [-0.3, -0.25) is 0 Å². The van der Waals surface area contributed by atoms with E-state index in [9.17, 15) is 9.50 Å². The van der Waals surface area contributed by atoms with Crippen LogP contribution < -0.4 is 0 Å². The summed E-state index contributed by atoms with van der Waals surface area (Å²) in [6.45, 7) is 4.73. The molecule has 0 unspecified atom stereocenters. The fourth-order valence-electron chi connectivity index (χ4n) is 3.12. The smallest absolute Gasteiger partial charge is 0.155 e. The largest absolute Gasteiger partial charge is 0.390 e. The van der Waals surface area contributed by atoms with Gasteiger partial charge in [0.15, 0.2) is 5.82 Å². The Morgan fingerprint density at radius 3 is 2.00 bits per heavy atom. The van der Waals surface area contributed by atoms with Gasteiger partial charge < -0.3 is 33.5 Å². The van der Waals surface area contributed by atoms with Crippen molar-refractivity contribution in [2.75, 3.05) is 79.8 Å². The molecular weight excluding hydrogens is 435 g/mol. The van der Waals surface area contributed by atoms with Crippen LogP contribution in [-0.4, -0.2) is 101 Å². The average Bonchev–Trinajstić information content (AvgIpc) is 2.84. The molecule has 0 aliphatic heterocycles. The van der Waals surface area contributed by atoms with Gasteiger partial charge in [-0.15, -0.1) is 0 Å². The summed E-state index contributed by atoms with van der Waals surface area (Å²) in [5.41, 5.74) is 0.0676. The lowest BCUT2D eigenvalue weighted by Gasteiger charge is -2.28. The van der Waals surface area contributed by atoms with E-state index in [1.165, 1.54) is 0 Å². The summed E-state index contributed by atoms with van der Waals surface area (Å²) in [5, 5.41) is 9.20. The molecule has 10 heteroatoms. The third-order valence-electron chi connectivity index (χ3n) is 5.00. The van der Waals surface area contributed by atoms with Gasteiger partial charge in [-0.2, -0.15) is 0 Å². The first kappa shape index (κ1) is 27.7. The molecule has 1 atom stereocenters. The van der Waals surface area contributed by atoms with Crippen molar-refractivity contribution in [1.29, 1.82) is 0 Å². The summed E-state index contributed by atoms with van der Waals surface area (Å²) < 4.78 is 46.8. The van der Waals surface area contributed by atoms with Crippen LogP contribution in [0.4, 0.5) is 4.39 Å². The van der Waals surface area contributed by atoms with Crippen LogP contribution in [0.2, 0.25) is 0 Å². The zero-order valence-electron chi connectivity index (χ0n) is 19.5. The predicted molar refractivity (Wildman–Crippen MR) is 120 cm³/mol. The van der Waals surface area contributed by atoms with Gasteiger partial charge in [0.2, 0.25) is 0 Å². The van der Waals surface area contributed by atoms with Crippen molar-refractivity contribution in [2.45, 2.75) is 31.5 Å². The molecule has 0 fully saturated rings. The molecule has 1 aromatic rings. The molecule has 0 amide bonds. The molecule has 2 rings (SSSR count). The van der Waals surface area contributed by atoms with E-state index < -0.39 is 5.67 Å². The highest BCUT2D eigenvalue weighted by molar-refractivity contribution is 5.61. The number of hydrogen-bond acceptors (Lipinski definition) is 9. The lowest BCUT2D eigenvalue weighted by Crippen LogP contribution is -2.32. The van der Waals surface area contributed by atoms with E-state index in [-0.39, 0.29) is 19.6 Å². The second-order valence-electron chi connectivity index (χ2n) is 7.61. The van der Waals surface area contributed by atoms with E-state index in [0.29, 0.717) is 90.4 Å². The Labute approximate surface area is 195 Å². The van der Waals surface area contributed by atoms with Crippen LogP contribution in [0.25, 0.3) is 5.57 Å². The molecule has 0 radical (unpaired) electrons. The highest BCUT2D eigenvalue weighted by atomic mass is 19.1. The van der Waals surface area contributed by atoms with Gasteiger partial charge in [0.25, 0.3) is 0 Å². The van der Waals surface area contributed by atoms with Gasteiger partial charge in [0, 0.05) is 19.7 Å². The van der Waals surface area contributed by atoms with Crippen LogP contribution >= 0.6 is 0 Å². The second-order valence-corrected chi connectivity index (χ2v) is 7.61. The monoisotopic (exact) mass is 472 g/mol. The minimum Gasteiger partial charge on any atom is -0.390 e. The Hall–Kier alpha value is -1.53. The number of allylic oxidation sites excluding steroid dienone is 2. The van der Waals surface area contributed by atoms with Crippen molar-refractivity contribution in [2.24, 2.45) is 0 Å². The molecule has 0 spiro atoms. The lowest BCUT2D eigenvalue weighted by atomic mass is 9.87. The molecule has 9 nitrogen and oxygen atoms in total. The summed E-state index contributed by atoms with van der Waals surface area (Å²) in [6, 6.07) is 1.66. The number of methoxy groups -OCH3 is 1. The number of hydrogen-bond donors (Lipinski definition) is 1. The molecule has 1 aliphatic carbocycles. The quantitative estimate of drug-likeness (QED) is 0.303. The number of rotatable bonds is 19. The number of aliphatic hydroxyl groups is 1. The number of ether oxygens (including phenoxy) is 6. The molecule has 1 heterocycles. The van der Waals surface area contributed by atoms with Gasteiger partial charge in [0.1, 0.15) is 5.67 Å². The van der Waals surface area contributed by atoms with E-state index in [2.05, 4.69) is 9.97 Å². The highest BCUT2D eigenvalue weighted by Crippen LogP contribution is 2.34. The first-order chi connectivity index (χ1) is 16.2. The average molecular weight is 473 g/mol. The number of aliphatic hydroxyl groups excluding tert-OH is 1. The summed E-state index contributed by atoms with van der Waals surface area (Å²) in [6.07, 6.45) is 4.57. The third kappa shape index (κ3) is 11.9. The maximum Gasteiger partial charge on any atom is 0.155 e. The third-order valence-corrected chi connectivity index (χ3v) is 5.00. The Kier molecular flexibility index (Phi) is 14.3. The fraction of sp³-hybridized carbons (Fsp3) is 0.739. The van der Waals surface area contributed by atoms with Crippen LogP contribution in [0.3, 0.4) is 0 Å². The summed E-state index contributed by atoms with van der Waals surface area (Å²) in [5.74, 6) is 0.554. The maximum absolute atomic E-state index is 15.0. The van der Waals surface area contributed by atoms with Crippen molar-refractivity contribution in [3.63, 3.8) is 0 Å². The molecule has 0 aromatic carbocycles. The summed E-state index contributed by atoms with van der Waals surface area (Å²) in [7, 11) is 1.63. The topological polar surface area (TPSA) is 101 Å². The van der Waals surface area contributed by atoms with Crippen molar-refractivity contribution in [1.82, 2.24) is 9.97 Å². The maximum atomic E-state index is 15.0. The summed E-state index contributed by atoms with van der Waals surface area (Å²) >= 11 is 0. The molecule has 1 N–H and O–H groups in total. The van der Waals surface area contributed by atoms with Crippen molar-refractivity contribution in [3.8, 4) is 0 Å². The molecule has 33 heavy (non-hydrogen) atoms. The molecule has 188 valence electrons. The molecule has 0 saturated heterocycles. The van der Waals surface area contributed by atoms with E-state index in [1.807, 2.05) is 6.08 Å². The van der Waals surface area contributed by atoms with Gasteiger partial charge >= 0.3 is 0 Å². The SMILES string of the molecule is COCCOCCOCCOCCOCCOC[C@@]1(F)CC=C(c2nccc(CO)n2)CC1. The number of nitrogens with zero attached hydrogens (tertiary/aromatic N) is 2. The molecule has 1 aliphatic rings. The normalized spacial score (nSPS) is 18.5. The Morgan fingerprint density at radius 1 is 0.909 bits per heavy atom. The van der Waals surface area contributed by atoms with Crippen LogP contribution in [0.15, 0.2) is 18.3 Å². The fourth-order valence-corrected chi connectivity index (χ4v) is 3.12. The van der Waals surface area contributed by atoms with E-state index in [1.54, 1.807) is 19.4 Å². The van der Waals surface area contributed by atoms with Crippen LogP contribution in [0.5, 0.6) is 0 Å². The van der Waals surface area contributed by atoms with Crippen molar-refractivity contribution in [3.05, 3.63) is 29.9 Å². The first-order valence-electron chi connectivity index (χ1n) is 11.4. The van der Waals surface area contributed by atoms with Crippen molar-refractivity contribution >= 4 is 5.57 Å². The van der Waals surface area contributed by atoms with Gasteiger partial charge in [-0.25, -0.2) is 14.4 Å². The van der Waals surface area contributed by atoms with E-state index in [4.69, 9.17) is 28.4 Å². The predicted octanol–water partition coefficient (Wildman–Crippen LogP) is 1.97. The minimum absolute atomic E-state index is 0.0285. The zero-order valence-corrected chi connectivity index (χ0v) is 19.5. The highest BCUT2D eigenvalue weighted by Gasteiger charge is 2.32. The molecule has 0 saturated carbocycles. The Morgan fingerprint density at radius 2 is 1.48 bits per heavy atom. The minimum atomic E-state index is -1.39. The van der Waals surface area contributed by atoms with Crippen LogP contribution in [-0.2, 0) is 35.0 Å². The van der Waals surface area contributed by atoms with Crippen molar-refractivity contribution < 1.29 is 37.9 Å². The Bertz CT molecular complexity index is 680. The Balaban J connectivity index is 1.43. The molecule has 0 bridgehead atoms. The van der Waals surface area contributed by atoms with Crippen LogP contribution in [0, 0.1) is 0 Å². The lowest BCUT2D eigenvalue weighted by molar-refractivity contribution is -0.0310.